The van der Waals surface area contributed by atoms with E-state index >= 15 is 0 Å². The molecule has 1 rings (SSSR count). The van der Waals surface area contributed by atoms with Crippen molar-refractivity contribution in [2.75, 3.05) is 27.2 Å². The molecule has 1 aromatic rings. The Kier molecular flexibility index (Phi) is 9.62. The number of hydrogen-bond acceptors (Lipinski definition) is 2. The molecule has 0 bridgehead atoms. The average molecular weight is 250 g/mol. The van der Waals surface area contributed by atoms with Gasteiger partial charge in [-0.2, -0.15) is 0 Å². The van der Waals surface area contributed by atoms with Crippen LogP contribution >= 0.6 is 0 Å². The van der Waals surface area contributed by atoms with Crippen LogP contribution in [0.2, 0.25) is 0 Å². The van der Waals surface area contributed by atoms with Gasteiger partial charge < -0.3 is 4.90 Å². The highest BCUT2D eigenvalue weighted by Gasteiger charge is 1.98. The summed E-state index contributed by atoms with van der Waals surface area (Å²) in [5.41, 5.74) is 1.40. The number of nitrogens with zero attached hydrogens (tertiary/aromatic N) is 2. The number of rotatable bonds is 5. The molecule has 104 valence electrons. The average Bonchev–Trinajstić information content (AvgIpc) is 2.37. The van der Waals surface area contributed by atoms with Crippen LogP contribution < -0.4 is 0 Å². The molecule has 0 spiro atoms. The minimum Gasteiger partial charge on any atom is -0.307 e. The molecule has 2 heteroatoms. The van der Waals surface area contributed by atoms with Crippen LogP contribution in [0.3, 0.4) is 0 Å². The Morgan fingerprint density at radius 3 is 1.72 bits per heavy atom. The predicted molar refractivity (Wildman–Crippen MR) is 81.9 cm³/mol. The molecule has 0 aliphatic carbocycles. The van der Waals surface area contributed by atoms with Crippen LogP contribution in [0.25, 0.3) is 0 Å². The fourth-order valence-electron chi connectivity index (χ4n) is 1.29. The molecule has 0 aromatic heterocycles. The zero-order valence-corrected chi connectivity index (χ0v) is 13.0. The minimum absolute atomic E-state index is 0.685. The van der Waals surface area contributed by atoms with Crippen molar-refractivity contribution in [3.05, 3.63) is 35.9 Å². The largest absolute Gasteiger partial charge is 0.307 e. The lowest BCUT2D eigenvalue weighted by atomic mass is 10.2. The second-order valence-electron chi connectivity index (χ2n) is 5.00. The van der Waals surface area contributed by atoms with Crippen molar-refractivity contribution >= 4 is 0 Å². The number of hydrogen-bond donors (Lipinski definition) is 0. The van der Waals surface area contributed by atoms with Gasteiger partial charge >= 0.3 is 0 Å². The summed E-state index contributed by atoms with van der Waals surface area (Å²) in [5.74, 6) is 0. The van der Waals surface area contributed by atoms with Crippen molar-refractivity contribution in [2.24, 2.45) is 0 Å². The van der Waals surface area contributed by atoms with Crippen LogP contribution in [0.4, 0.5) is 0 Å². The highest BCUT2D eigenvalue weighted by molar-refractivity contribution is 5.14. The van der Waals surface area contributed by atoms with E-state index in [1.807, 2.05) is 0 Å². The van der Waals surface area contributed by atoms with Gasteiger partial charge in [-0.3, -0.25) is 4.90 Å². The molecule has 0 radical (unpaired) electrons. The molecule has 18 heavy (non-hydrogen) atoms. The van der Waals surface area contributed by atoms with E-state index in [1.54, 1.807) is 0 Å². The van der Waals surface area contributed by atoms with Crippen molar-refractivity contribution in [1.29, 1.82) is 0 Å². The summed E-state index contributed by atoms with van der Waals surface area (Å²) in [4.78, 5) is 4.58. The molecule has 2 nitrogen and oxygen atoms in total. The van der Waals surface area contributed by atoms with Crippen LogP contribution in [0.1, 0.15) is 33.3 Å². The van der Waals surface area contributed by atoms with Gasteiger partial charge in [0.1, 0.15) is 0 Å². The molecule has 0 fully saturated rings. The van der Waals surface area contributed by atoms with Crippen LogP contribution in [-0.2, 0) is 6.54 Å². The highest BCUT2D eigenvalue weighted by Crippen LogP contribution is 2.02. The standard InChI is InChI=1S/C11H17N.C5H13N/c1-3-12(4-2)10-11-8-6-5-7-9-11;1-5(2)6(3)4/h5-9H,3-4,10H2,1-2H3;5H,1-4H3. The van der Waals surface area contributed by atoms with Crippen molar-refractivity contribution in [2.45, 2.75) is 40.3 Å². The zero-order chi connectivity index (χ0) is 14.0. The normalized spacial score (nSPS) is 10.7. The quantitative estimate of drug-likeness (QED) is 0.789. The third-order valence-electron chi connectivity index (χ3n) is 3.18. The van der Waals surface area contributed by atoms with Gasteiger partial charge in [0.25, 0.3) is 0 Å². The van der Waals surface area contributed by atoms with Gasteiger partial charge in [-0.25, -0.2) is 0 Å². The Labute approximate surface area is 114 Å². The summed E-state index contributed by atoms with van der Waals surface area (Å²) < 4.78 is 0. The van der Waals surface area contributed by atoms with E-state index in [4.69, 9.17) is 0 Å². The zero-order valence-electron chi connectivity index (χ0n) is 13.0. The second-order valence-corrected chi connectivity index (χ2v) is 5.00. The molecule has 0 N–H and O–H groups in total. The molecular weight excluding hydrogens is 220 g/mol. The Morgan fingerprint density at radius 2 is 1.39 bits per heavy atom. The maximum absolute atomic E-state index is 2.41. The SMILES string of the molecule is CC(C)N(C)C.CCN(CC)Cc1ccccc1. The van der Waals surface area contributed by atoms with Crippen molar-refractivity contribution < 1.29 is 0 Å². The van der Waals surface area contributed by atoms with E-state index in [1.165, 1.54) is 5.56 Å². The Balaban J connectivity index is 0.000000411. The second kappa shape index (κ2) is 10.1. The van der Waals surface area contributed by atoms with Gasteiger partial charge in [0.05, 0.1) is 0 Å². The maximum atomic E-state index is 2.41. The van der Waals surface area contributed by atoms with Gasteiger partial charge in [-0.15, -0.1) is 0 Å². The van der Waals surface area contributed by atoms with Crippen molar-refractivity contribution in [1.82, 2.24) is 9.80 Å². The lowest BCUT2D eigenvalue weighted by Crippen LogP contribution is -2.21. The molecule has 0 atom stereocenters. The third kappa shape index (κ3) is 8.26. The molecule has 0 unspecified atom stereocenters. The molecule has 0 saturated heterocycles. The third-order valence-corrected chi connectivity index (χ3v) is 3.18. The first-order chi connectivity index (χ1) is 8.51. The van der Waals surface area contributed by atoms with Crippen molar-refractivity contribution in [3.8, 4) is 0 Å². The summed E-state index contributed by atoms with van der Waals surface area (Å²) in [6, 6.07) is 11.3. The van der Waals surface area contributed by atoms with Gasteiger partial charge in [-0.1, -0.05) is 44.2 Å². The molecule has 0 aliphatic rings. The summed E-state index contributed by atoms with van der Waals surface area (Å²) in [7, 11) is 4.15. The van der Waals surface area contributed by atoms with E-state index in [0.717, 1.165) is 19.6 Å². The van der Waals surface area contributed by atoms with Gasteiger partial charge in [-0.05, 0) is 46.6 Å². The van der Waals surface area contributed by atoms with E-state index in [9.17, 15) is 0 Å². The van der Waals surface area contributed by atoms with Crippen LogP contribution in [0, 0.1) is 0 Å². The summed E-state index contributed by atoms with van der Waals surface area (Å²) >= 11 is 0. The fourth-order valence-corrected chi connectivity index (χ4v) is 1.29. The van der Waals surface area contributed by atoms with E-state index < -0.39 is 0 Å². The summed E-state index contributed by atoms with van der Waals surface area (Å²) in [6.45, 7) is 12.1. The van der Waals surface area contributed by atoms with Crippen LogP contribution in [0.15, 0.2) is 30.3 Å². The fraction of sp³-hybridized carbons (Fsp3) is 0.625. The van der Waals surface area contributed by atoms with Gasteiger partial charge in [0.15, 0.2) is 0 Å². The Hall–Kier alpha value is -0.860. The van der Waals surface area contributed by atoms with Gasteiger partial charge in [0, 0.05) is 12.6 Å². The minimum atomic E-state index is 0.685. The summed E-state index contributed by atoms with van der Waals surface area (Å²) in [5, 5.41) is 0. The predicted octanol–water partition coefficient (Wildman–Crippen LogP) is 3.48. The van der Waals surface area contributed by atoms with Gasteiger partial charge in [0.2, 0.25) is 0 Å². The molecule has 0 amide bonds. The monoisotopic (exact) mass is 250 g/mol. The maximum Gasteiger partial charge on any atom is 0.0233 e. The van der Waals surface area contributed by atoms with Crippen LogP contribution in [-0.4, -0.2) is 43.0 Å². The number of benzene rings is 1. The van der Waals surface area contributed by atoms with E-state index in [-0.39, 0.29) is 0 Å². The van der Waals surface area contributed by atoms with Crippen LogP contribution in [0.5, 0.6) is 0 Å². The molecule has 1 aromatic carbocycles. The molecule has 0 heterocycles. The first kappa shape index (κ1) is 17.1. The Morgan fingerprint density at radius 1 is 0.944 bits per heavy atom. The van der Waals surface area contributed by atoms with E-state index in [0.29, 0.717) is 6.04 Å². The van der Waals surface area contributed by atoms with E-state index in [2.05, 4.69) is 81.9 Å². The van der Waals surface area contributed by atoms with Crippen molar-refractivity contribution in [3.63, 3.8) is 0 Å². The smallest absolute Gasteiger partial charge is 0.0233 e. The lowest BCUT2D eigenvalue weighted by Gasteiger charge is -2.17. The first-order valence-corrected chi connectivity index (χ1v) is 6.93. The summed E-state index contributed by atoms with van der Waals surface area (Å²) in [6.07, 6.45) is 0. The topological polar surface area (TPSA) is 6.48 Å². The first-order valence-electron chi connectivity index (χ1n) is 6.93. The lowest BCUT2D eigenvalue weighted by molar-refractivity contribution is 0.296. The molecule has 0 saturated carbocycles. The molecular formula is C16H30N2. The molecule has 0 aliphatic heterocycles. The highest BCUT2D eigenvalue weighted by atomic mass is 15.1. The Bertz CT molecular complexity index is 270.